The summed E-state index contributed by atoms with van der Waals surface area (Å²) in [5, 5.41) is 3.48. The molecule has 1 aliphatic rings. The Morgan fingerprint density at radius 2 is 2.19 bits per heavy atom. The van der Waals surface area contributed by atoms with E-state index in [0.29, 0.717) is 6.04 Å². The highest BCUT2D eigenvalue weighted by atomic mass is 32.2. The van der Waals surface area contributed by atoms with Crippen LogP contribution in [0.4, 0.5) is 0 Å². The number of rotatable bonds is 4. The third kappa shape index (κ3) is 2.38. The van der Waals surface area contributed by atoms with E-state index in [1.807, 2.05) is 11.8 Å². The van der Waals surface area contributed by atoms with E-state index >= 15 is 0 Å². The predicted octanol–water partition coefficient (Wildman–Crippen LogP) is 1.76. The highest BCUT2D eigenvalue weighted by Gasteiger charge is 2.51. The van der Waals surface area contributed by atoms with Gasteiger partial charge in [-0.05, 0) is 30.9 Å². The van der Waals surface area contributed by atoms with Crippen molar-refractivity contribution in [1.82, 2.24) is 5.32 Å². The zero-order valence-corrected chi connectivity index (χ0v) is 11.6. The van der Waals surface area contributed by atoms with Crippen molar-refractivity contribution >= 4 is 17.7 Å². The Morgan fingerprint density at radius 3 is 2.62 bits per heavy atom. The Morgan fingerprint density at radius 1 is 1.56 bits per heavy atom. The monoisotopic (exact) mass is 244 g/mol. The van der Waals surface area contributed by atoms with Gasteiger partial charge >= 0.3 is 0 Å². The molecule has 0 radical (unpaired) electrons. The van der Waals surface area contributed by atoms with Gasteiger partial charge in [-0.3, -0.25) is 10.1 Å². The average Bonchev–Trinajstić information content (AvgIpc) is 2.20. The average molecular weight is 244 g/mol. The molecule has 1 fully saturated rings. The number of hydrogen-bond acceptors (Lipinski definition) is 3. The quantitative estimate of drug-likeness (QED) is 0.792. The summed E-state index contributed by atoms with van der Waals surface area (Å²) < 4.78 is 0. The summed E-state index contributed by atoms with van der Waals surface area (Å²) in [7, 11) is 0. The number of amides is 1. The van der Waals surface area contributed by atoms with Crippen molar-refractivity contribution in [3.8, 4) is 0 Å². The summed E-state index contributed by atoms with van der Waals surface area (Å²) in [5.74, 6) is 1.70. The van der Waals surface area contributed by atoms with Crippen LogP contribution in [0.25, 0.3) is 0 Å². The lowest BCUT2D eigenvalue weighted by Gasteiger charge is -2.49. The second-order valence-corrected chi connectivity index (χ2v) is 6.51. The van der Waals surface area contributed by atoms with Crippen LogP contribution in [0.5, 0.6) is 0 Å². The van der Waals surface area contributed by atoms with Gasteiger partial charge in [0.1, 0.15) is 5.54 Å². The van der Waals surface area contributed by atoms with Gasteiger partial charge in [-0.1, -0.05) is 20.8 Å². The van der Waals surface area contributed by atoms with Crippen LogP contribution < -0.4 is 11.1 Å². The van der Waals surface area contributed by atoms with Gasteiger partial charge in [0.2, 0.25) is 5.91 Å². The summed E-state index contributed by atoms with van der Waals surface area (Å²) in [6, 6.07) is 0.325. The van der Waals surface area contributed by atoms with Crippen molar-refractivity contribution in [2.45, 2.75) is 52.1 Å². The molecule has 0 aromatic carbocycles. The second kappa shape index (κ2) is 4.96. The van der Waals surface area contributed by atoms with Crippen LogP contribution in [0, 0.1) is 5.41 Å². The summed E-state index contributed by atoms with van der Waals surface area (Å²) in [6.07, 6.45) is 2.04. The highest BCUT2D eigenvalue weighted by Crippen LogP contribution is 2.42. The Balaban J connectivity index is 2.98. The van der Waals surface area contributed by atoms with Crippen LogP contribution >= 0.6 is 11.8 Å². The molecule has 1 aliphatic heterocycles. The standard InChI is InChI=1S/C12H24N2OS/c1-5-9(2)14-12(10(13)15)8-16-7-6-11(12,3)4/h9,14H,5-8H2,1-4H3,(H2,13,15). The highest BCUT2D eigenvalue weighted by molar-refractivity contribution is 7.99. The molecule has 3 nitrogen and oxygen atoms in total. The van der Waals surface area contributed by atoms with Crippen molar-refractivity contribution in [3.05, 3.63) is 0 Å². The van der Waals surface area contributed by atoms with Crippen molar-refractivity contribution in [3.63, 3.8) is 0 Å². The molecule has 1 heterocycles. The first-order chi connectivity index (χ1) is 7.35. The van der Waals surface area contributed by atoms with Crippen LogP contribution in [0.1, 0.15) is 40.5 Å². The van der Waals surface area contributed by atoms with E-state index in [1.54, 1.807) is 0 Å². The molecule has 0 aromatic heterocycles. The number of nitrogens with two attached hydrogens (primary N) is 1. The lowest BCUT2D eigenvalue weighted by molar-refractivity contribution is -0.128. The number of thioether (sulfide) groups is 1. The Hall–Kier alpha value is -0.220. The summed E-state index contributed by atoms with van der Waals surface area (Å²) >= 11 is 1.82. The van der Waals surface area contributed by atoms with Crippen LogP contribution in [0.15, 0.2) is 0 Å². The van der Waals surface area contributed by atoms with Crippen molar-refractivity contribution in [1.29, 1.82) is 0 Å². The Labute approximate surface area is 103 Å². The lowest BCUT2D eigenvalue weighted by Crippen LogP contribution is -2.69. The topological polar surface area (TPSA) is 55.1 Å². The summed E-state index contributed by atoms with van der Waals surface area (Å²) in [4.78, 5) is 11.9. The molecule has 1 rings (SSSR count). The number of carbonyl (C=O) groups excluding carboxylic acids is 1. The molecule has 3 N–H and O–H groups in total. The first-order valence-electron chi connectivity index (χ1n) is 6.01. The van der Waals surface area contributed by atoms with Gasteiger partial charge in [0, 0.05) is 11.8 Å². The maximum absolute atomic E-state index is 11.9. The van der Waals surface area contributed by atoms with E-state index in [2.05, 4.69) is 33.0 Å². The summed E-state index contributed by atoms with van der Waals surface area (Å²) in [6.45, 7) is 8.52. The van der Waals surface area contributed by atoms with E-state index in [4.69, 9.17) is 5.73 Å². The minimum atomic E-state index is -0.550. The van der Waals surface area contributed by atoms with Crippen molar-refractivity contribution in [2.24, 2.45) is 11.1 Å². The molecule has 94 valence electrons. The third-order valence-electron chi connectivity index (χ3n) is 3.87. The van der Waals surface area contributed by atoms with E-state index in [1.165, 1.54) is 0 Å². The third-order valence-corrected chi connectivity index (χ3v) is 5.00. The maximum atomic E-state index is 11.9. The van der Waals surface area contributed by atoms with E-state index in [-0.39, 0.29) is 11.3 Å². The molecule has 1 saturated heterocycles. The molecular weight excluding hydrogens is 220 g/mol. The molecule has 1 amide bonds. The fourth-order valence-electron chi connectivity index (χ4n) is 2.20. The fraction of sp³-hybridized carbons (Fsp3) is 0.917. The zero-order chi connectivity index (χ0) is 12.4. The molecule has 16 heavy (non-hydrogen) atoms. The minimum absolute atomic E-state index is 0.0620. The van der Waals surface area contributed by atoms with Gasteiger partial charge in [0.15, 0.2) is 0 Å². The van der Waals surface area contributed by atoms with E-state index < -0.39 is 5.54 Å². The van der Waals surface area contributed by atoms with Gasteiger partial charge < -0.3 is 5.73 Å². The smallest absolute Gasteiger partial charge is 0.239 e. The van der Waals surface area contributed by atoms with Gasteiger partial charge in [-0.25, -0.2) is 0 Å². The molecule has 2 atom stereocenters. The molecular formula is C12H24N2OS. The van der Waals surface area contributed by atoms with Crippen LogP contribution in [-0.4, -0.2) is 29.0 Å². The first kappa shape index (κ1) is 13.8. The molecule has 0 bridgehead atoms. The summed E-state index contributed by atoms with van der Waals surface area (Å²) in [5.41, 5.74) is 5.05. The molecule has 2 unspecified atom stereocenters. The van der Waals surface area contributed by atoms with Crippen molar-refractivity contribution < 1.29 is 4.79 Å². The minimum Gasteiger partial charge on any atom is -0.368 e. The molecule has 4 heteroatoms. The molecule has 0 aromatic rings. The number of carbonyl (C=O) groups is 1. The van der Waals surface area contributed by atoms with Gasteiger partial charge in [-0.2, -0.15) is 11.8 Å². The van der Waals surface area contributed by atoms with Crippen molar-refractivity contribution in [2.75, 3.05) is 11.5 Å². The fourth-order valence-corrected chi connectivity index (χ4v) is 3.92. The van der Waals surface area contributed by atoms with Crippen LogP contribution in [0.3, 0.4) is 0 Å². The number of primary amides is 1. The van der Waals surface area contributed by atoms with Gasteiger partial charge in [0.25, 0.3) is 0 Å². The molecule has 0 spiro atoms. The van der Waals surface area contributed by atoms with Crippen LogP contribution in [0.2, 0.25) is 0 Å². The molecule has 0 saturated carbocycles. The largest absolute Gasteiger partial charge is 0.368 e. The number of nitrogens with one attached hydrogen (secondary N) is 1. The SMILES string of the molecule is CCC(C)NC1(C(N)=O)CSCCC1(C)C. The van der Waals surface area contributed by atoms with Gasteiger partial charge in [0.05, 0.1) is 0 Å². The lowest BCUT2D eigenvalue weighted by atomic mass is 9.70. The second-order valence-electron chi connectivity index (χ2n) is 5.41. The Bertz CT molecular complexity index is 268. The zero-order valence-electron chi connectivity index (χ0n) is 10.8. The van der Waals surface area contributed by atoms with E-state index in [0.717, 1.165) is 24.3 Å². The Kier molecular flexibility index (Phi) is 4.29. The predicted molar refractivity (Wildman–Crippen MR) is 70.5 cm³/mol. The van der Waals surface area contributed by atoms with Gasteiger partial charge in [-0.15, -0.1) is 0 Å². The normalized spacial score (nSPS) is 31.0. The maximum Gasteiger partial charge on any atom is 0.239 e. The molecule has 0 aliphatic carbocycles. The first-order valence-corrected chi connectivity index (χ1v) is 7.16. The number of hydrogen-bond donors (Lipinski definition) is 2. The van der Waals surface area contributed by atoms with E-state index in [9.17, 15) is 4.79 Å². The van der Waals surface area contributed by atoms with Crippen LogP contribution in [-0.2, 0) is 4.79 Å².